The van der Waals surface area contributed by atoms with E-state index < -0.39 is 36.4 Å². The number of benzene rings is 2. The van der Waals surface area contributed by atoms with Crippen LogP contribution in [0.15, 0.2) is 30.3 Å². The monoisotopic (exact) mass is 466 g/mol. The van der Waals surface area contributed by atoms with Crippen molar-refractivity contribution in [1.29, 1.82) is 0 Å². The first-order chi connectivity index (χ1) is 16.0. The number of hydrogen-bond acceptors (Lipinski definition) is 3. The minimum atomic E-state index is -1.36. The predicted octanol–water partition coefficient (Wildman–Crippen LogP) is 7.34. The van der Waals surface area contributed by atoms with Crippen molar-refractivity contribution < 1.29 is 31.8 Å². The van der Waals surface area contributed by atoms with Crippen molar-refractivity contribution in [2.24, 2.45) is 17.8 Å². The molecule has 3 nitrogen and oxygen atoms in total. The maximum atomic E-state index is 14.8. The van der Waals surface area contributed by atoms with E-state index in [1.165, 1.54) is 50.7 Å². The van der Waals surface area contributed by atoms with E-state index in [2.05, 4.69) is 11.7 Å². The van der Waals surface area contributed by atoms with Crippen LogP contribution in [0.5, 0.6) is 5.75 Å². The minimum Gasteiger partial charge on any atom is -0.457 e. The van der Waals surface area contributed by atoms with Crippen molar-refractivity contribution in [1.82, 2.24) is 0 Å². The van der Waals surface area contributed by atoms with E-state index in [9.17, 15) is 17.6 Å². The smallest absolute Gasteiger partial charge is 0.228 e. The van der Waals surface area contributed by atoms with E-state index in [1.807, 2.05) is 0 Å². The number of alkyl halides is 1. The van der Waals surface area contributed by atoms with Gasteiger partial charge in [-0.15, -0.1) is 0 Å². The standard InChI is InChI=1S/C26H30F4O3/c1-2-3-16-4-6-17(7-5-16)20-13-31-26(32-14-20)18-8-9-21(22(28)10-18)19-11-23(29)25(33-15-27)24(30)12-19/h8-12,16-17,20,26H,2-7,13-15H2,1H3. The Hall–Kier alpha value is -2.12. The van der Waals surface area contributed by atoms with Crippen LogP contribution in [-0.4, -0.2) is 20.1 Å². The Bertz CT molecular complexity index is 912. The quantitative estimate of drug-likeness (QED) is 0.400. The second kappa shape index (κ2) is 10.9. The molecule has 0 aromatic heterocycles. The van der Waals surface area contributed by atoms with E-state index in [0.717, 1.165) is 18.1 Å². The van der Waals surface area contributed by atoms with E-state index in [0.29, 0.717) is 30.6 Å². The van der Waals surface area contributed by atoms with Gasteiger partial charge in [0.25, 0.3) is 0 Å². The zero-order valence-corrected chi connectivity index (χ0v) is 18.8. The van der Waals surface area contributed by atoms with Crippen LogP contribution in [0.3, 0.4) is 0 Å². The molecule has 0 bridgehead atoms. The molecule has 1 aliphatic carbocycles. The average Bonchev–Trinajstić information content (AvgIpc) is 2.82. The molecule has 0 spiro atoms. The molecular weight excluding hydrogens is 436 g/mol. The average molecular weight is 467 g/mol. The lowest BCUT2D eigenvalue weighted by molar-refractivity contribution is -0.214. The lowest BCUT2D eigenvalue weighted by atomic mass is 9.75. The highest BCUT2D eigenvalue weighted by Crippen LogP contribution is 2.39. The van der Waals surface area contributed by atoms with Crippen molar-refractivity contribution in [2.75, 3.05) is 20.1 Å². The van der Waals surface area contributed by atoms with Crippen LogP contribution in [0.4, 0.5) is 17.6 Å². The van der Waals surface area contributed by atoms with E-state index in [-0.39, 0.29) is 11.1 Å². The van der Waals surface area contributed by atoms with Gasteiger partial charge in [0.05, 0.1) is 13.2 Å². The first-order valence-electron chi connectivity index (χ1n) is 11.7. The van der Waals surface area contributed by atoms with Crippen LogP contribution >= 0.6 is 0 Å². The number of ether oxygens (including phenoxy) is 3. The van der Waals surface area contributed by atoms with Gasteiger partial charge < -0.3 is 14.2 Å². The summed E-state index contributed by atoms with van der Waals surface area (Å²) in [6.07, 6.45) is 6.83. The molecule has 2 fully saturated rings. The summed E-state index contributed by atoms with van der Waals surface area (Å²) in [5.74, 6) is -1.87. The molecule has 1 saturated carbocycles. The third-order valence-electron chi connectivity index (χ3n) is 6.95. The number of halogens is 4. The molecule has 0 unspecified atom stereocenters. The van der Waals surface area contributed by atoms with Crippen LogP contribution in [0.25, 0.3) is 11.1 Å². The van der Waals surface area contributed by atoms with Gasteiger partial charge in [-0.3, -0.25) is 0 Å². The summed E-state index contributed by atoms with van der Waals surface area (Å²) in [5, 5.41) is 0. The maximum absolute atomic E-state index is 14.8. The maximum Gasteiger partial charge on any atom is 0.228 e. The molecule has 4 rings (SSSR count). The predicted molar refractivity (Wildman–Crippen MR) is 117 cm³/mol. The molecule has 1 aliphatic heterocycles. The Balaban J connectivity index is 1.38. The third-order valence-corrected chi connectivity index (χ3v) is 6.95. The molecular formula is C26H30F4O3. The number of hydrogen-bond donors (Lipinski definition) is 0. The molecule has 0 N–H and O–H groups in total. The van der Waals surface area contributed by atoms with Crippen molar-refractivity contribution >= 4 is 0 Å². The highest BCUT2D eigenvalue weighted by atomic mass is 19.1. The van der Waals surface area contributed by atoms with Gasteiger partial charge in [-0.05, 0) is 48.4 Å². The van der Waals surface area contributed by atoms with Gasteiger partial charge in [-0.1, -0.05) is 44.7 Å². The Morgan fingerprint density at radius 2 is 1.55 bits per heavy atom. The first-order valence-corrected chi connectivity index (χ1v) is 11.7. The zero-order chi connectivity index (χ0) is 23.4. The van der Waals surface area contributed by atoms with Gasteiger partial charge in [0.2, 0.25) is 6.86 Å². The van der Waals surface area contributed by atoms with Crippen LogP contribution < -0.4 is 4.74 Å². The minimum absolute atomic E-state index is 0.00974. The largest absolute Gasteiger partial charge is 0.457 e. The van der Waals surface area contributed by atoms with E-state index in [1.54, 1.807) is 6.07 Å². The van der Waals surface area contributed by atoms with Gasteiger partial charge in [0, 0.05) is 17.0 Å². The topological polar surface area (TPSA) is 27.7 Å². The summed E-state index contributed by atoms with van der Waals surface area (Å²) in [7, 11) is 0. The fraction of sp³-hybridized carbons (Fsp3) is 0.538. The molecule has 33 heavy (non-hydrogen) atoms. The molecule has 0 amide bonds. The van der Waals surface area contributed by atoms with Crippen molar-refractivity contribution in [2.45, 2.75) is 51.7 Å². The van der Waals surface area contributed by atoms with Gasteiger partial charge in [0.1, 0.15) is 5.82 Å². The first kappa shape index (κ1) is 24.0. The lowest BCUT2D eigenvalue weighted by Gasteiger charge is -2.37. The normalized spacial score (nSPS) is 25.7. The second-order valence-electron chi connectivity index (χ2n) is 9.09. The molecule has 1 saturated heterocycles. The van der Waals surface area contributed by atoms with Crippen LogP contribution in [0.2, 0.25) is 0 Å². The van der Waals surface area contributed by atoms with Gasteiger partial charge >= 0.3 is 0 Å². The highest BCUT2D eigenvalue weighted by molar-refractivity contribution is 5.66. The Morgan fingerprint density at radius 3 is 2.12 bits per heavy atom. The Morgan fingerprint density at radius 1 is 0.879 bits per heavy atom. The third kappa shape index (κ3) is 5.52. The number of rotatable bonds is 7. The fourth-order valence-electron chi connectivity index (χ4n) is 5.16. The van der Waals surface area contributed by atoms with Gasteiger partial charge in [-0.2, -0.15) is 0 Å². The van der Waals surface area contributed by atoms with Crippen LogP contribution in [0.1, 0.15) is 57.3 Å². The summed E-state index contributed by atoms with van der Waals surface area (Å²) in [5.41, 5.74) is 0.519. The van der Waals surface area contributed by atoms with Crippen molar-refractivity contribution in [3.63, 3.8) is 0 Å². The summed E-state index contributed by atoms with van der Waals surface area (Å²) >= 11 is 0. The second-order valence-corrected chi connectivity index (χ2v) is 9.09. The summed E-state index contributed by atoms with van der Waals surface area (Å²) < 4.78 is 71.3. The molecule has 7 heteroatoms. The van der Waals surface area contributed by atoms with E-state index in [4.69, 9.17) is 9.47 Å². The van der Waals surface area contributed by atoms with Crippen LogP contribution in [0, 0.1) is 35.2 Å². The van der Waals surface area contributed by atoms with E-state index >= 15 is 0 Å². The van der Waals surface area contributed by atoms with Gasteiger partial charge in [-0.25, -0.2) is 17.6 Å². The molecule has 0 atom stereocenters. The molecule has 180 valence electrons. The molecule has 2 aliphatic rings. The summed E-state index contributed by atoms with van der Waals surface area (Å²) in [6.45, 7) is 2.02. The molecule has 1 heterocycles. The van der Waals surface area contributed by atoms with Crippen molar-refractivity contribution in [3.8, 4) is 16.9 Å². The summed E-state index contributed by atoms with van der Waals surface area (Å²) in [6, 6.07) is 6.15. The lowest BCUT2D eigenvalue weighted by Crippen LogP contribution is -2.34. The van der Waals surface area contributed by atoms with Crippen molar-refractivity contribution in [3.05, 3.63) is 53.3 Å². The fourth-order valence-corrected chi connectivity index (χ4v) is 5.16. The molecule has 0 radical (unpaired) electrons. The van der Waals surface area contributed by atoms with Crippen LogP contribution in [-0.2, 0) is 9.47 Å². The summed E-state index contributed by atoms with van der Waals surface area (Å²) in [4.78, 5) is 0. The Kier molecular flexibility index (Phi) is 7.91. The Labute approximate surface area is 192 Å². The highest BCUT2D eigenvalue weighted by Gasteiger charge is 2.32. The zero-order valence-electron chi connectivity index (χ0n) is 18.8. The molecule has 2 aromatic rings. The SMILES string of the molecule is CCCC1CCC(C2COC(c3ccc(-c4cc(F)c(OCF)c(F)c4)c(F)c3)OC2)CC1. The molecule has 2 aromatic carbocycles. The van der Waals surface area contributed by atoms with Gasteiger partial charge in [0.15, 0.2) is 23.7 Å².